The number of anilines is 1. The molecule has 1 aliphatic rings. The van der Waals surface area contributed by atoms with E-state index in [0.29, 0.717) is 22.8 Å². The lowest BCUT2D eigenvalue weighted by atomic mass is 9.95. The zero-order valence-corrected chi connectivity index (χ0v) is 21.0. The van der Waals surface area contributed by atoms with E-state index in [-0.39, 0.29) is 17.2 Å². The molecule has 1 N–H and O–H groups in total. The summed E-state index contributed by atoms with van der Waals surface area (Å²) in [6.07, 6.45) is 4.52. The lowest BCUT2D eigenvalue weighted by Gasteiger charge is -2.23. The number of nitrogens with one attached hydrogen (secondary N) is 1. The molecule has 0 bridgehead atoms. The van der Waals surface area contributed by atoms with Gasteiger partial charge in [-0.05, 0) is 55.7 Å². The third-order valence-electron chi connectivity index (χ3n) is 6.94. The Kier molecular flexibility index (Phi) is 5.22. The molecule has 6 rings (SSSR count). The molecule has 0 spiro atoms. The predicted octanol–water partition coefficient (Wildman–Crippen LogP) is 4.65. The molecule has 1 unspecified atom stereocenters. The quantitative estimate of drug-likeness (QED) is 0.363. The number of fused-ring (bicyclic) bond motifs is 2. The molecule has 9 heteroatoms. The molecule has 182 valence electrons. The Labute approximate surface area is 211 Å². The van der Waals surface area contributed by atoms with E-state index in [1.165, 1.54) is 10.6 Å². The molecule has 0 aliphatic carbocycles. The van der Waals surface area contributed by atoms with Gasteiger partial charge >= 0.3 is 0 Å². The average molecular weight is 501 g/mol. The number of nitrogens with zero attached hydrogens (tertiary/aromatic N) is 5. The summed E-state index contributed by atoms with van der Waals surface area (Å²) >= 11 is 6.26. The second kappa shape index (κ2) is 8.34. The number of halogens is 1. The molecule has 4 aromatic heterocycles. The fraction of sp³-hybridized carbons (Fsp3) is 0.259. The highest BCUT2D eigenvalue weighted by atomic mass is 35.5. The van der Waals surface area contributed by atoms with Crippen LogP contribution in [-0.4, -0.2) is 23.9 Å². The molecule has 1 atom stereocenters. The van der Waals surface area contributed by atoms with Crippen LogP contribution in [0.25, 0.3) is 33.1 Å². The Balaban J connectivity index is 1.52. The second-order valence-corrected chi connectivity index (χ2v) is 9.84. The normalized spacial score (nSPS) is 13.9. The third kappa shape index (κ3) is 3.52. The van der Waals surface area contributed by atoms with Crippen molar-refractivity contribution in [1.82, 2.24) is 23.9 Å². The Morgan fingerprint density at radius 2 is 1.92 bits per heavy atom. The molecular formula is C27H25ClN6O2. The topological polar surface area (TPSA) is 86.7 Å². The molecular weight excluding hydrogens is 476 g/mol. The van der Waals surface area contributed by atoms with Crippen LogP contribution in [0, 0.1) is 6.92 Å². The molecule has 0 saturated carbocycles. The van der Waals surface area contributed by atoms with Crippen molar-refractivity contribution in [3.63, 3.8) is 0 Å². The third-order valence-corrected chi connectivity index (χ3v) is 7.15. The van der Waals surface area contributed by atoms with Crippen molar-refractivity contribution in [2.75, 3.05) is 5.32 Å². The fourth-order valence-electron chi connectivity index (χ4n) is 5.27. The smallest absolute Gasteiger partial charge is 0.260 e. The Morgan fingerprint density at radius 1 is 1.08 bits per heavy atom. The number of pyridine rings is 3. The van der Waals surface area contributed by atoms with Crippen molar-refractivity contribution >= 4 is 39.1 Å². The van der Waals surface area contributed by atoms with Crippen molar-refractivity contribution in [3.8, 4) is 11.3 Å². The van der Waals surface area contributed by atoms with E-state index in [1.54, 1.807) is 25.4 Å². The number of aryl methyl sites for hydroxylation is 4. The maximum Gasteiger partial charge on any atom is 0.260 e. The number of rotatable bonds is 4. The van der Waals surface area contributed by atoms with Gasteiger partial charge in [-0.15, -0.1) is 0 Å². The van der Waals surface area contributed by atoms with Crippen LogP contribution in [0.15, 0.2) is 58.4 Å². The van der Waals surface area contributed by atoms with Gasteiger partial charge in [0.25, 0.3) is 5.56 Å². The van der Waals surface area contributed by atoms with Gasteiger partial charge in [0.15, 0.2) is 0 Å². The molecule has 1 aromatic carbocycles. The summed E-state index contributed by atoms with van der Waals surface area (Å²) in [4.78, 5) is 30.0. The highest BCUT2D eigenvalue weighted by Gasteiger charge is 2.23. The SMILES string of the molecule is Cc1cc(C(C)Nc2ccc(Cl)nc2-c2ccc(=O)n(C)c2)c2c(c1)c(=O)n1c3c2cnn3CCC1. The molecule has 0 radical (unpaired) electrons. The van der Waals surface area contributed by atoms with E-state index in [0.717, 1.165) is 51.8 Å². The molecule has 0 saturated heterocycles. The van der Waals surface area contributed by atoms with Crippen LogP contribution in [0.3, 0.4) is 0 Å². The first-order valence-electron chi connectivity index (χ1n) is 11.9. The molecule has 5 heterocycles. The van der Waals surface area contributed by atoms with Gasteiger partial charge in [-0.1, -0.05) is 17.7 Å². The van der Waals surface area contributed by atoms with Crippen molar-refractivity contribution in [2.45, 2.75) is 39.4 Å². The Morgan fingerprint density at radius 3 is 2.72 bits per heavy atom. The van der Waals surface area contributed by atoms with Crippen molar-refractivity contribution < 1.29 is 0 Å². The van der Waals surface area contributed by atoms with Crippen LogP contribution in [0.5, 0.6) is 0 Å². The molecule has 5 aromatic rings. The van der Waals surface area contributed by atoms with Gasteiger partial charge in [0, 0.05) is 60.2 Å². The van der Waals surface area contributed by atoms with Crippen LogP contribution in [0.1, 0.15) is 30.5 Å². The molecule has 8 nitrogen and oxygen atoms in total. The lowest BCUT2D eigenvalue weighted by Crippen LogP contribution is -2.27. The molecule has 0 amide bonds. The maximum absolute atomic E-state index is 13.5. The van der Waals surface area contributed by atoms with Crippen LogP contribution in [-0.2, 0) is 20.1 Å². The minimum absolute atomic E-state index is 0.0233. The maximum atomic E-state index is 13.5. The van der Waals surface area contributed by atoms with Gasteiger partial charge < -0.3 is 9.88 Å². The van der Waals surface area contributed by atoms with E-state index < -0.39 is 0 Å². The Hall–Kier alpha value is -3.91. The zero-order chi connectivity index (χ0) is 25.1. The van der Waals surface area contributed by atoms with Crippen molar-refractivity contribution in [3.05, 3.63) is 85.8 Å². The minimum Gasteiger partial charge on any atom is -0.377 e. The first kappa shape index (κ1) is 22.5. The standard InChI is InChI=1S/C27H25ClN6O2/c1-15-11-18(24-19(12-15)27(36)33-9-4-10-34-26(33)20(24)13-29-34)16(2)30-21-6-7-22(28)31-25(21)17-5-8-23(35)32(3)14-17/h5-8,11-14,16,30H,4,9-10H2,1-3H3. The monoisotopic (exact) mass is 500 g/mol. The lowest BCUT2D eigenvalue weighted by molar-refractivity contribution is 0.485. The highest BCUT2D eigenvalue weighted by Crippen LogP contribution is 2.35. The largest absolute Gasteiger partial charge is 0.377 e. The van der Waals surface area contributed by atoms with E-state index in [1.807, 2.05) is 34.5 Å². The summed E-state index contributed by atoms with van der Waals surface area (Å²) in [5.41, 5.74) is 5.05. The number of hydrogen-bond acceptors (Lipinski definition) is 5. The fourth-order valence-corrected chi connectivity index (χ4v) is 5.42. The van der Waals surface area contributed by atoms with E-state index in [9.17, 15) is 9.59 Å². The summed E-state index contributed by atoms with van der Waals surface area (Å²) in [5.74, 6) is 0. The average Bonchev–Trinajstić information content (AvgIpc) is 3.29. The van der Waals surface area contributed by atoms with Crippen LogP contribution in [0.2, 0.25) is 5.15 Å². The first-order chi connectivity index (χ1) is 17.3. The van der Waals surface area contributed by atoms with Crippen molar-refractivity contribution in [2.24, 2.45) is 7.05 Å². The van der Waals surface area contributed by atoms with Gasteiger partial charge in [-0.25, -0.2) is 9.67 Å². The number of aromatic nitrogens is 5. The van der Waals surface area contributed by atoms with Crippen LogP contribution < -0.4 is 16.4 Å². The predicted molar refractivity (Wildman–Crippen MR) is 143 cm³/mol. The summed E-state index contributed by atoms with van der Waals surface area (Å²) < 4.78 is 5.31. The van der Waals surface area contributed by atoms with Gasteiger partial charge in [0.05, 0.1) is 17.6 Å². The molecule has 36 heavy (non-hydrogen) atoms. The van der Waals surface area contributed by atoms with Crippen molar-refractivity contribution in [1.29, 1.82) is 0 Å². The highest BCUT2D eigenvalue weighted by molar-refractivity contribution is 6.29. The van der Waals surface area contributed by atoms with Gasteiger partial charge in [0.1, 0.15) is 10.8 Å². The summed E-state index contributed by atoms with van der Waals surface area (Å²) in [6, 6.07) is 10.8. The van der Waals surface area contributed by atoms with Gasteiger partial charge in [0.2, 0.25) is 5.56 Å². The van der Waals surface area contributed by atoms with Gasteiger partial charge in [-0.3, -0.25) is 14.2 Å². The van der Waals surface area contributed by atoms with Crippen LogP contribution in [0.4, 0.5) is 5.69 Å². The number of benzene rings is 1. The van der Waals surface area contributed by atoms with E-state index in [4.69, 9.17) is 11.6 Å². The van der Waals surface area contributed by atoms with Crippen LogP contribution >= 0.6 is 11.6 Å². The van der Waals surface area contributed by atoms with Gasteiger partial charge in [-0.2, -0.15) is 5.10 Å². The van der Waals surface area contributed by atoms with E-state index in [2.05, 4.69) is 28.4 Å². The second-order valence-electron chi connectivity index (χ2n) is 9.46. The van der Waals surface area contributed by atoms with E-state index >= 15 is 0 Å². The summed E-state index contributed by atoms with van der Waals surface area (Å²) in [5, 5.41) is 11.2. The molecule has 0 fully saturated rings. The summed E-state index contributed by atoms with van der Waals surface area (Å²) in [6.45, 7) is 5.59. The first-order valence-corrected chi connectivity index (χ1v) is 12.3. The zero-order valence-electron chi connectivity index (χ0n) is 20.2. The molecule has 1 aliphatic heterocycles. The summed E-state index contributed by atoms with van der Waals surface area (Å²) in [7, 11) is 1.71. The Bertz CT molecular complexity index is 1800. The number of hydrogen-bond donors (Lipinski definition) is 1. The minimum atomic E-state index is -0.161.